The number of hydrogen-bond donors (Lipinski definition) is 2. The number of sulfonamides is 1. The topological polar surface area (TPSA) is 116 Å². The van der Waals surface area contributed by atoms with Gasteiger partial charge in [0.05, 0.1) is 16.5 Å². The highest BCUT2D eigenvalue weighted by Gasteiger charge is 2.14. The van der Waals surface area contributed by atoms with E-state index in [1.165, 1.54) is 12.1 Å². The molecular formula is C17H18N2O5S. The number of carbonyl (C=O) groups excluding carboxylic acids is 2. The Morgan fingerprint density at radius 3 is 2.24 bits per heavy atom. The molecule has 0 radical (unpaired) electrons. The van der Waals surface area contributed by atoms with E-state index in [9.17, 15) is 18.0 Å². The average molecular weight is 362 g/mol. The van der Waals surface area contributed by atoms with Crippen molar-refractivity contribution in [1.82, 2.24) is 5.32 Å². The molecule has 0 aliphatic carbocycles. The van der Waals surface area contributed by atoms with Gasteiger partial charge in [0.25, 0.3) is 5.91 Å². The van der Waals surface area contributed by atoms with Crippen molar-refractivity contribution in [2.75, 3.05) is 6.61 Å². The Morgan fingerprint density at radius 1 is 1.08 bits per heavy atom. The highest BCUT2D eigenvalue weighted by atomic mass is 32.2. The molecule has 0 unspecified atom stereocenters. The summed E-state index contributed by atoms with van der Waals surface area (Å²) in [5, 5.41) is 7.70. The Hall–Kier alpha value is -2.71. The summed E-state index contributed by atoms with van der Waals surface area (Å²) >= 11 is 0. The van der Waals surface area contributed by atoms with Gasteiger partial charge in [0.2, 0.25) is 10.0 Å². The molecule has 0 fully saturated rings. The SMILES string of the molecule is C[C@@H](NC(=O)COC(=O)c1ccccc1)c1ccc(S(N)(=O)=O)cc1. The van der Waals surface area contributed by atoms with Crippen molar-refractivity contribution in [3.05, 3.63) is 65.7 Å². The number of primary sulfonamides is 1. The Morgan fingerprint density at radius 2 is 1.68 bits per heavy atom. The smallest absolute Gasteiger partial charge is 0.338 e. The van der Waals surface area contributed by atoms with Crippen molar-refractivity contribution < 1.29 is 22.7 Å². The molecule has 8 heteroatoms. The van der Waals surface area contributed by atoms with E-state index in [0.29, 0.717) is 11.1 Å². The molecule has 0 aliphatic heterocycles. The number of nitrogens with two attached hydrogens (primary N) is 1. The highest BCUT2D eigenvalue weighted by molar-refractivity contribution is 7.89. The molecule has 2 aromatic carbocycles. The largest absolute Gasteiger partial charge is 0.452 e. The molecule has 1 atom stereocenters. The van der Waals surface area contributed by atoms with Gasteiger partial charge in [-0.25, -0.2) is 18.4 Å². The first kappa shape index (κ1) is 18.6. The standard InChI is InChI=1S/C17H18N2O5S/c1-12(13-7-9-15(10-8-13)25(18,22)23)19-16(20)11-24-17(21)14-5-3-2-4-6-14/h2-10,12H,11H2,1H3,(H,19,20)(H2,18,22,23)/t12-/m1/s1. The summed E-state index contributed by atoms with van der Waals surface area (Å²) < 4.78 is 27.4. The Kier molecular flexibility index (Phi) is 5.89. The number of hydrogen-bond acceptors (Lipinski definition) is 5. The monoisotopic (exact) mass is 362 g/mol. The van der Waals surface area contributed by atoms with Crippen LogP contribution in [0.25, 0.3) is 0 Å². The fraction of sp³-hybridized carbons (Fsp3) is 0.176. The van der Waals surface area contributed by atoms with Crippen LogP contribution >= 0.6 is 0 Å². The minimum absolute atomic E-state index is 0.00781. The van der Waals surface area contributed by atoms with Crippen LogP contribution in [0.4, 0.5) is 0 Å². The van der Waals surface area contributed by atoms with Gasteiger partial charge in [-0.2, -0.15) is 0 Å². The van der Waals surface area contributed by atoms with Gasteiger partial charge in [-0.3, -0.25) is 4.79 Å². The van der Waals surface area contributed by atoms with Crippen molar-refractivity contribution in [3.63, 3.8) is 0 Å². The van der Waals surface area contributed by atoms with E-state index < -0.39 is 34.5 Å². The van der Waals surface area contributed by atoms with Crippen LogP contribution in [0.3, 0.4) is 0 Å². The van der Waals surface area contributed by atoms with Crippen molar-refractivity contribution in [1.29, 1.82) is 0 Å². The van der Waals surface area contributed by atoms with Gasteiger partial charge < -0.3 is 10.1 Å². The van der Waals surface area contributed by atoms with E-state index >= 15 is 0 Å². The lowest BCUT2D eigenvalue weighted by Gasteiger charge is -2.14. The van der Waals surface area contributed by atoms with Crippen LogP contribution in [-0.4, -0.2) is 26.9 Å². The molecule has 3 N–H and O–H groups in total. The van der Waals surface area contributed by atoms with Crippen LogP contribution in [0, 0.1) is 0 Å². The molecule has 0 heterocycles. The summed E-state index contributed by atoms with van der Waals surface area (Å²) in [4.78, 5) is 23.6. The van der Waals surface area contributed by atoms with Crippen LogP contribution in [0.1, 0.15) is 28.9 Å². The lowest BCUT2D eigenvalue weighted by Crippen LogP contribution is -2.31. The quantitative estimate of drug-likeness (QED) is 0.753. The summed E-state index contributed by atoms with van der Waals surface area (Å²) in [7, 11) is -3.76. The summed E-state index contributed by atoms with van der Waals surface area (Å²) in [5.41, 5.74) is 1.05. The van der Waals surface area contributed by atoms with Gasteiger partial charge in [0, 0.05) is 0 Å². The molecule has 1 amide bonds. The zero-order valence-corrected chi connectivity index (χ0v) is 14.3. The summed E-state index contributed by atoms with van der Waals surface area (Å²) in [5.74, 6) is -1.05. The van der Waals surface area contributed by atoms with Gasteiger partial charge in [0.1, 0.15) is 0 Å². The molecule has 132 valence electrons. The van der Waals surface area contributed by atoms with Crippen LogP contribution in [-0.2, 0) is 19.6 Å². The third kappa shape index (κ3) is 5.40. The maximum atomic E-state index is 11.9. The second-order valence-corrected chi connectivity index (χ2v) is 6.91. The number of amides is 1. The van der Waals surface area contributed by atoms with Gasteiger partial charge in [-0.1, -0.05) is 30.3 Å². The molecule has 0 bridgehead atoms. The van der Waals surface area contributed by atoms with Gasteiger partial charge in [0.15, 0.2) is 6.61 Å². The Balaban J connectivity index is 1.88. The Labute approximate surface area is 145 Å². The van der Waals surface area contributed by atoms with Crippen molar-refractivity contribution in [3.8, 4) is 0 Å². The second-order valence-electron chi connectivity index (χ2n) is 5.35. The molecule has 0 saturated carbocycles. The minimum atomic E-state index is -3.76. The zero-order valence-electron chi connectivity index (χ0n) is 13.5. The predicted octanol–water partition coefficient (Wildman–Crippen LogP) is 1.37. The maximum absolute atomic E-state index is 11.9. The fourth-order valence-corrected chi connectivity index (χ4v) is 2.62. The normalized spacial score (nSPS) is 12.2. The van der Waals surface area contributed by atoms with Gasteiger partial charge >= 0.3 is 5.97 Å². The van der Waals surface area contributed by atoms with E-state index in [1.54, 1.807) is 49.4 Å². The summed E-state index contributed by atoms with van der Waals surface area (Å²) in [6.45, 7) is 1.32. The lowest BCUT2D eigenvalue weighted by atomic mass is 10.1. The number of ether oxygens (including phenoxy) is 1. The number of benzene rings is 2. The summed E-state index contributed by atoms with van der Waals surface area (Å²) in [6, 6.07) is 13.8. The van der Waals surface area contributed by atoms with Crippen LogP contribution in [0.15, 0.2) is 59.5 Å². The maximum Gasteiger partial charge on any atom is 0.338 e. The van der Waals surface area contributed by atoms with Crippen molar-refractivity contribution in [2.45, 2.75) is 17.9 Å². The van der Waals surface area contributed by atoms with Crippen LogP contribution in [0.5, 0.6) is 0 Å². The summed E-state index contributed by atoms with van der Waals surface area (Å²) in [6.07, 6.45) is 0. The van der Waals surface area contributed by atoms with E-state index in [1.807, 2.05) is 0 Å². The Bertz CT molecular complexity index is 848. The molecule has 0 saturated heterocycles. The van der Waals surface area contributed by atoms with E-state index in [4.69, 9.17) is 9.88 Å². The molecule has 0 spiro atoms. The van der Waals surface area contributed by atoms with Crippen molar-refractivity contribution >= 4 is 21.9 Å². The van der Waals surface area contributed by atoms with Crippen molar-refractivity contribution in [2.24, 2.45) is 5.14 Å². The minimum Gasteiger partial charge on any atom is -0.452 e. The van der Waals surface area contributed by atoms with E-state index in [0.717, 1.165) is 0 Å². The lowest BCUT2D eigenvalue weighted by molar-refractivity contribution is -0.124. The van der Waals surface area contributed by atoms with Gasteiger partial charge in [-0.15, -0.1) is 0 Å². The highest BCUT2D eigenvalue weighted by Crippen LogP contribution is 2.15. The van der Waals surface area contributed by atoms with Crippen LogP contribution in [0.2, 0.25) is 0 Å². The molecule has 25 heavy (non-hydrogen) atoms. The third-order valence-corrected chi connectivity index (χ3v) is 4.36. The molecule has 2 rings (SSSR count). The second kappa shape index (κ2) is 7.91. The molecule has 0 aromatic heterocycles. The number of carbonyl (C=O) groups is 2. The number of nitrogens with one attached hydrogen (secondary N) is 1. The fourth-order valence-electron chi connectivity index (χ4n) is 2.10. The average Bonchev–Trinajstić information content (AvgIpc) is 2.59. The number of rotatable bonds is 6. The van der Waals surface area contributed by atoms with Crippen LogP contribution < -0.4 is 10.5 Å². The zero-order chi connectivity index (χ0) is 18.4. The van der Waals surface area contributed by atoms with E-state index in [2.05, 4.69) is 5.32 Å². The van der Waals surface area contributed by atoms with E-state index in [-0.39, 0.29) is 4.90 Å². The van der Waals surface area contributed by atoms with Gasteiger partial charge in [-0.05, 0) is 36.8 Å². The number of esters is 1. The first-order valence-electron chi connectivity index (χ1n) is 7.41. The molecule has 0 aliphatic rings. The predicted molar refractivity (Wildman–Crippen MR) is 91.1 cm³/mol. The molecule has 2 aromatic rings. The molecular weight excluding hydrogens is 344 g/mol. The molecule has 7 nitrogen and oxygen atoms in total. The first-order valence-corrected chi connectivity index (χ1v) is 8.96. The third-order valence-electron chi connectivity index (χ3n) is 3.43. The first-order chi connectivity index (χ1) is 11.8.